The lowest BCUT2D eigenvalue weighted by molar-refractivity contribution is 0.835. The molecule has 2 aromatic rings. The standard InChI is InChI=1S/C12H16N2/c1-4-9-5-10-6-11(8(2)3)14-12(10)13-7-9/h5-8H,4H2,1-3H3,(H,13,14). The lowest BCUT2D eigenvalue weighted by Crippen LogP contribution is -1.85. The van der Waals surface area contributed by atoms with E-state index in [0.29, 0.717) is 5.92 Å². The minimum Gasteiger partial charge on any atom is -0.343 e. The summed E-state index contributed by atoms with van der Waals surface area (Å²) >= 11 is 0. The second-order valence-electron chi connectivity index (χ2n) is 4.01. The van der Waals surface area contributed by atoms with Crippen LogP contribution in [0, 0.1) is 0 Å². The predicted octanol–water partition coefficient (Wildman–Crippen LogP) is 3.25. The van der Waals surface area contributed by atoms with E-state index in [-0.39, 0.29) is 0 Å². The Morgan fingerprint density at radius 2 is 2.14 bits per heavy atom. The molecule has 2 aromatic heterocycles. The van der Waals surface area contributed by atoms with Crippen molar-refractivity contribution in [2.75, 3.05) is 0 Å². The van der Waals surface area contributed by atoms with Gasteiger partial charge in [-0.25, -0.2) is 4.98 Å². The third-order valence-electron chi connectivity index (χ3n) is 2.58. The van der Waals surface area contributed by atoms with E-state index in [1.54, 1.807) is 0 Å². The third kappa shape index (κ3) is 1.52. The molecule has 2 rings (SSSR count). The van der Waals surface area contributed by atoms with E-state index in [0.717, 1.165) is 12.1 Å². The highest BCUT2D eigenvalue weighted by molar-refractivity contribution is 5.77. The number of aromatic amines is 1. The summed E-state index contributed by atoms with van der Waals surface area (Å²) in [6.07, 6.45) is 2.99. The van der Waals surface area contributed by atoms with Gasteiger partial charge in [0.1, 0.15) is 5.65 Å². The number of aromatic nitrogens is 2. The fraction of sp³-hybridized carbons (Fsp3) is 0.417. The Kier molecular flexibility index (Phi) is 2.28. The highest BCUT2D eigenvalue weighted by Crippen LogP contribution is 2.20. The first-order valence-electron chi connectivity index (χ1n) is 5.18. The van der Waals surface area contributed by atoms with Gasteiger partial charge in [-0.3, -0.25) is 0 Å². The van der Waals surface area contributed by atoms with Gasteiger partial charge in [0.2, 0.25) is 0 Å². The van der Waals surface area contributed by atoms with Crippen LogP contribution in [0.4, 0.5) is 0 Å². The van der Waals surface area contributed by atoms with Gasteiger partial charge in [-0.2, -0.15) is 0 Å². The molecule has 2 nitrogen and oxygen atoms in total. The summed E-state index contributed by atoms with van der Waals surface area (Å²) in [6.45, 7) is 6.52. The molecular formula is C12H16N2. The number of H-pyrrole nitrogens is 1. The molecule has 14 heavy (non-hydrogen) atoms. The van der Waals surface area contributed by atoms with Crippen LogP contribution in [0.3, 0.4) is 0 Å². The van der Waals surface area contributed by atoms with Gasteiger partial charge in [-0.1, -0.05) is 20.8 Å². The number of rotatable bonds is 2. The second kappa shape index (κ2) is 3.45. The van der Waals surface area contributed by atoms with Gasteiger partial charge in [0.15, 0.2) is 0 Å². The summed E-state index contributed by atoms with van der Waals surface area (Å²) in [6, 6.07) is 4.41. The van der Waals surface area contributed by atoms with E-state index in [1.165, 1.54) is 16.6 Å². The van der Waals surface area contributed by atoms with Crippen molar-refractivity contribution in [1.29, 1.82) is 0 Å². The second-order valence-corrected chi connectivity index (χ2v) is 4.01. The zero-order valence-corrected chi connectivity index (χ0v) is 8.96. The highest BCUT2D eigenvalue weighted by Gasteiger charge is 2.05. The normalized spacial score (nSPS) is 11.4. The number of fused-ring (bicyclic) bond motifs is 1. The van der Waals surface area contributed by atoms with Gasteiger partial charge >= 0.3 is 0 Å². The Morgan fingerprint density at radius 3 is 2.79 bits per heavy atom. The van der Waals surface area contributed by atoms with Crippen LogP contribution in [0.1, 0.15) is 37.9 Å². The van der Waals surface area contributed by atoms with Gasteiger partial charge in [0.25, 0.3) is 0 Å². The van der Waals surface area contributed by atoms with Gasteiger partial charge in [0.05, 0.1) is 0 Å². The number of hydrogen-bond donors (Lipinski definition) is 1. The summed E-state index contributed by atoms with van der Waals surface area (Å²) in [7, 11) is 0. The van der Waals surface area contributed by atoms with Crippen LogP contribution in [-0.2, 0) is 6.42 Å². The minimum atomic E-state index is 0.536. The minimum absolute atomic E-state index is 0.536. The van der Waals surface area contributed by atoms with Crippen LogP contribution in [0.15, 0.2) is 18.3 Å². The molecule has 0 spiro atoms. The van der Waals surface area contributed by atoms with Crippen molar-refractivity contribution in [2.45, 2.75) is 33.1 Å². The average Bonchev–Trinajstić information content (AvgIpc) is 2.59. The molecule has 0 bridgehead atoms. The van der Waals surface area contributed by atoms with Crippen LogP contribution < -0.4 is 0 Å². The van der Waals surface area contributed by atoms with Crippen molar-refractivity contribution in [3.05, 3.63) is 29.6 Å². The smallest absolute Gasteiger partial charge is 0.137 e. The van der Waals surface area contributed by atoms with Crippen molar-refractivity contribution in [1.82, 2.24) is 9.97 Å². The molecule has 0 atom stereocenters. The van der Waals surface area contributed by atoms with Crippen LogP contribution >= 0.6 is 0 Å². The van der Waals surface area contributed by atoms with Gasteiger partial charge in [-0.15, -0.1) is 0 Å². The van der Waals surface area contributed by atoms with Gasteiger partial charge in [0, 0.05) is 17.3 Å². The molecular weight excluding hydrogens is 172 g/mol. The van der Waals surface area contributed by atoms with Crippen LogP contribution in [0.25, 0.3) is 11.0 Å². The molecule has 0 saturated heterocycles. The lowest BCUT2D eigenvalue weighted by atomic mass is 10.1. The van der Waals surface area contributed by atoms with Crippen molar-refractivity contribution in [2.24, 2.45) is 0 Å². The molecule has 0 fully saturated rings. The topological polar surface area (TPSA) is 28.7 Å². The monoisotopic (exact) mass is 188 g/mol. The predicted molar refractivity (Wildman–Crippen MR) is 59.6 cm³/mol. The quantitative estimate of drug-likeness (QED) is 0.770. The van der Waals surface area contributed by atoms with Crippen molar-refractivity contribution >= 4 is 11.0 Å². The molecule has 0 aliphatic heterocycles. The number of nitrogens with one attached hydrogen (secondary N) is 1. The van der Waals surface area contributed by atoms with Crippen LogP contribution in [-0.4, -0.2) is 9.97 Å². The SMILES string of the molecule is CCc1cnc2[nH]c(C(C)C)cc2c1. The Hall–Kier alpha value is -1.31. The van der Waals surface area contributed by atoms with Crippen LogP contribution in [0.5, 0.6) is 0 Å². The molecule has 0 aliphatic rings. The Morgan fingerprint density at radius 1 is 1.36 bits per heavy atom. The maximum absolute atomic E-state index is 4.40. The lowest BCUT2D eigenvalue weighted by Gasteiger charge is -1.97. The molecule has 2 heteroatoms. The Balaban J connectivity index is 2.54. The molecule has 0 unspecified atom stereocenters. The fourth-order valence-corrected chi connectivity index (χ4v) is 1.59. The summed E-state index contributed by atoms with van der Waals surface area (Å²) in [5.41, 5.74) is 3.57. The molecule has 2 heterocycles. The van der Waals surface area contributed by atoms with E-state index in [2.05, 4.69) is 42.9 Å². The largest absolute Gasteiger partial charge is 0.343 e. The average molecular weight is 188 g/mol. The maximum atomic E-state index is 4.40. The summed E-state index contributed by atoms with van der Waals surface area (Å²) in [5.74, 6) is 0.536. The zero-order chi connectivity index (χ0) is 10.1. The van der Waals surface area contributed by atoms with E-state index in [9.17, 15) is 0 Å². The molecule has 74 valence electrons. The number of nitrogens with zero attached hydrogens (tertiary/aromatic N) is 1. The Labute approximate surface area is 84.4 Å². The van der Waals surface area contributed by atoms with Crippen LogP contribution in [0.2, 0.25) is 0 Å². The molecule has 0 aliphatic carbocycles. The first-order valence-corrected chi connectivity index (χ1v) is 5.18. The molecule has 0 amide bonds. The summed E-state index contributed by atoms with van der Waals surface area (Å²) in [5, 5.41) is 1.23. The first kappa shape index (κ1) is 9.25. The number of pyridine rings is 1. The molecule has 0 radical (unpaired) electrons. The maximum Gasteiger partial charge on any atom is 0.137 e. The fourth-order valence-electron chi connectivity index (χ4n) is 1.59. The summed E-state index contributed by atoms with van der Waals surface area (Å²) in [4.78, 5) is 7.73. The molecule has 0 saturated carbocycles. The number of aryl methyl sites for hydroxylation is 1. The van der Waals surface area contributed by atoms with E-state index < -0.39 is 0 Å². The third-order valence-corrected chi connectivity index (χ3v) is 2.58. The van der Waals surface area contributed by atoms with E-state index >= 15 is 0 Å². The number of hydrogen-bond acceptors (Lipinski definition) is 1. The van der Waals surface area contributed by atoms with Gasteiger partial charge < -0.3 is 4.98 Å². The van der Waals surface area contributed by atoms with Gasteiger partial charge in [-0.05, 0) is 30.0 Å². The zero-order valence-electron chi connectivity index (χ0n) is 8.96. The van der Waals surface area contributed by atoms with E-state index in [4.69, 9.17) is 0 Å². The summed E-state index contributed by atoms with van der Waals surface area (Å²) < 4.78 is 0. The first-order chi connectivity index (χ1) is 6.70. The highest BCUT2D eigenvalue weighted by atomic mass is 14.9. The molecule has 1 N–H and O–H groups in total. The van der Waals surface area contributed by atoms with Crippen molar-refractivity contribution in [3.63, 3.8) is 0 Å². The van der Waals surface area contributed by atoms with Crippen molar-refractivity contribution in [3.8, 4) is 0 Å². The van der Waals surface area contributed by atoms with Crippen molar-refractivity contribution < 1.29 is 0 Å². The Bertz CT molecular complexity index is 441. The van der Waals surface area contributed by atoms with E-state index in [1.807, 2.05) is 6.20 Å². The molecule has 0 aromatic carbocycles.